The summed E-state index contributed by atoms with van der Waals surface area (Å²) in [5.74, 6) is -1.77. The van der Waals surface area contributed by atoms with Gasteiger partial charge in [0, 0.05) is 34.4 Å². The van der Waals surface area contributed by atoms with Gasteiger partial charge in [0.15, 0.2) is 12.4 Å². The van der Waals surface area contributed by atoms with Crippen molar-refractivity contribution < 1.29 is 23.9 Å². The Kier molecular flexibility index (Phi) is 7.41. The lowest BCUT2D eigenvalue weighted by atomic mass is 10.1. The summed E-state index contributed by atoms with van der Waals surface area (Å²) in [4.78, 5) is 51.2. The number of ether oxygens (including phenoxy) is 1. The Morgan fingerprint density at radius 2 is 1.57 bits per heavy atom. The van der Waals surface area contributed by atoms with Gasteiger partial charge in [-0.1, -0.05) is 45.8 Å². The first-order valence-corrected chi connectivity index (χ1v) is 11.8. The molecule has 0 spiro atoms. The van der Waals surface area contributed by atoms with Gasteiger partial charge in [-0.05, 0) is 55.5 Å². The summed E-state index contributed by atoms with van der Waals surface area (Å²) in [6.07, 6.45) is 0.135. The fraction of sp³-hybridized carbons (Fsp3) is 0.185. The van der Waals surface area contributed by atoms with Crippen LogP contribution in [0.2, 0.25) is 0 Å². The monoisotopic (exact) mass is 534 g/mol. The molecule has 0 bridgehead atoms. The number of halogens is 1. The molecule has 0 aromatic heterocycles. The summed E-state index contributed by atoms with van der Waals surface area (Å²) in [5, 5.41) is 2.80. The van der Waals surface area contributed by atoms with Gasteiger partial charge in [0.25, 0.3) is 0 Å². The van der Waals surface area contributed by atoms with Crippen molar-refractivity contribution in [3.63, 3.8) is 0 Å². The maximum Gasteiger partial charge on any atom is 0.338 e. The number of amides is 2. The van der Waals surface area contributed by atoms with Crippen molar-refractivity contribution >= 4 is 50.9 Å². The van der Waals surface area contributed by atoms with Crippen LogP contribution in [-0.4, -0.2) is 36.7 Å². The molecule has 0 radical (unpaired) electrons. The highest BCUT2D eigenvalue weighted by Crippen LogP contribution is 2.26. The van der Waals surface area contributed by atoms with Gasteiger partial charge >= 0.3 is 5.97 Å². The second kappa shape index (κ2) is 10.7. The number of ketones is 1. The zero-order chi connectivity index (χ0) is 24.9. The van der Waals surface area contributed by atoms with E-state index in [9.17, 15) is 19.2 Å². The maximum atomic E-state index is 12.7. The Morgan fingerprint density at radius 1 is 0.943 bits per heavy atom. The fourth-order valence-corrected chi connectivity index (χ4v) is 3.99. The lowest BCUT2D eigenvalue weighted by Gasteiger charge is -2.17. The molecule has 7 nitrogen and oxygen atoms in total. The first kappa shape index (κ1) is 24.3. The molecule has 35 heavy (non-hydrogen) atoms. The van der Waals surface area contributed by atoms with Crippen LogP contribution in [0, 0.1) is 12.8 Å². The quantitative estimate of drug-likeness (QED) is 0.347. The Hall–Kier alpha value is -3.78. The van der Waals surface area contributed by atoms with Crippen molar-refractivity contribution in [2.75, 3.05) is 23.4 Å². The van der Waals surface area contributed by atoms with Crippen LogP contribution in [0.3, 0.4) is 0 Å². The second-order valence-electron chi connectivity index (χ2n) is 8.31. The molecule has 3 aromatic carbocycles. The minimum Gasteiger partial charge on any atom is -0.454 e. The van der Waals surface area contributed by atoms with Gasteiger partial charge in [0.05, 0.1) is 11.5 Å². The normalized spacial score (nSPS) is 15.1. The summed E-state index contributed by atoms with van der Waals surface area (Å²) >= 11 is 3.30. The number of benzene rings is 3. The molecule has 0 saturated carbocycles. The molecule has 0 aliphatic carbocycles. The van der Waals surface area contributed by atoms with Crippen LogP contribution < -0.4 is 10.2 Å². The number of nitrogens with one attached hydrogen (secondary N) is 1. The van der Waals surface area contributed by atoms with E-state index in [2.05, 4.69) is 21.2 Å². The van der Waals surface area contributed by atoms with Gasteiger partial charge in [-0.2, -0.15) is 0 Å². The molecular weight excluding hydrogens is 512 g/mol. The number of aryl methyl sites for hydroxylation is 1. The lowest BCUT2D eigenvalue weighted by molar-refractivity contribution is -0.122. The molecule has 8 heteroatoms. The van der Waals surface area contributed by atoms with Crippen LogP contribution in [0.25, 0.3) is 0 Å². The molecule has 1 aliphatic heterocycles. The Bertz CT molecular complexity index is 1250. The highest BCUT2D eigenvalue weighted by molar-refractivity contribution is 9.10. The molecule has 1 fully saturated rings. The van der Waals surface area contributed by atoms with Gasteiger partial charge in [-0.15, -0.1) is 0 Å². The largest absolute Gasteiger partial charge is 0.454 e. The molecule has 1 atom stereocenters. The van der Waals surface area contributed by atoms with Crippen molar-refractivity contribution in [2.24, 2.45) is 5.92 Å². The Labute approximate surface area is 211 Å². The molecule has 3 aromatic rings. The Balaban J connectivity index is 1.30. The minimum absolute atomic E-state index is 0.0928. The molecule has 1 N–H and O–H groups in total. The van der Waals surface area contributed by atoms with Crippen LogP contribution in [0.4, 0.5) is 11.4 Å². The van der Waals surface area contributed by atoms with E-state index in [1.807, 2.05) is 31.2 Å². The first-order chi connectivity index (χ1) is 16.8. The van der Waals surface area contributed by atoms with Crippen LogP contribution in [0.1, 0.15) is 32.7 Å². The van der Waals surface area contributed by atoms with Crippen LogP contribution >= 0.6 is 15.9 Å². The Morgan fingerprint density at radius 3 is 2.23 bits per heavy atom. The predicted octanol–water partition coefficient (Wildman–Crippen LogP) is 4.79. The smallest absolute Gasteiger partial charge is 0.338 e. The summed E-state index contributed by atoms with van der Waals surface area (Å²) in [6.45, 7) is 1.91. The van der Waals surface area contributed by atoms with E-state index in [-0.39, 0.29) is 36.2 Å². The summed E-state index contributed by atoms with van der Waals surface area (Å²) in [7, 11) is 0. The molecule has 1 saturated heterocycles. The van der Waals surface area contributed by atoms with Crippen molar-refractivity contribution in [1.29, 1.82) is 0 Å². The fourth-order valence-electron chi connectivity index (χ4n) is 3.72. The molecule has 1 aliphatic rings. The highest BCUT2D eigenvalue weighted by atomic mass is 79.9. The summed E-state index contributed by atoms with van der Waals surface area (Å²) < 4.78 is 5.97. The first-order valence-electron chi connectivity index (χ1n) is 11.0. The topological polar surface area (TPSA) is 92.8 Å². The number of hydrogen-bond donors (Lipinski definition) is 1. The molecule has 1 heterocycles. The lowest BCUT2D eigenvalue weighted by Crippen LogP contribution is -2.28. The van der Waals surface area contributed by atoms with E-state index >= 15 is 0 Å². The van der Waals surface area contributed by atoms with E-state index < -0.39 is 11.9 Å². The molecule has 2 amide bonds. The SMILES string of the molecule is Cc1ccc(N2C[C@@H](C(=O)Nc3ccc(C(=O)OCC(=O)c4ccc(Br)cc4)cc3)CC2=O)cc1. The summed E-state index contributed by atoms with van der Waals surface area (Å²) in [6, 6.07) is 20.6. The molecular formula is C27H23BrN2O5. The standard InChI is InChI=1S/C27H23BrN2O5/c1-17-2-12-23(13-3-17)30-15-20(14-25(30)32)26(33)29-22-10-6-19(7-11-22)27(34)35-16-24(31)18-4-8-21(28)9-5-18/h2-13,20H,14-16H2,1H3,(H,29,33)/t20-/m0/s1. The van der Waals surface area contributed by atoms with Crippen molar-refractivity contribution in [2.45, 2.75) is 13.3 Å². The number of anilines is 2. The van der Waals surface area contributed by atoms with E-state index in [0.717, 1.165) is 15.7 Å². The number of hydrogen-bond acceptors (Lipinski definition) is 5. The van der Waals surface area contributed by atoms with E-state index in [0.29, 0.717) is 17.8 Å². The van der Waals surface area contributed by atoms with Gasteiger partial charge in [0.1, 0.15) is 0 Å². The summed E-state index contributed by atoms with van der Waals surface area (Å²) in [5.41, 5.74) is 3.08. The number of rotatable bonds is 7. The van der Waals surface area contributed by atoms with Gasteiger partial charge in [0.2, 0.25) is 11.8 Å². The molecule has 178 valence electrons. The van der Waals surface area contributed by atoms with Crippen LogP contribution in [0.15, 0.2) is 77.3 Å². The van der Waals surface area contributed by atoms with Crippen molar-refractivity contribution in [1.82, 2.24) is 0 Å². The average molecular weight is 535 g/mol. The van der Waals surface area contributed by atoms with Gasteiger partial charge in [-0.25, -0.2) is 4.79 Å². The molecule has 0 unspecified atom stereocenters. The predicted molar refractivity (Wildman–Crippen MR) is 135 cm³/mol. The minimum atomic E-state index is -0.636. The molecule has 4 rings (SSSR count). The third-order valence-corrected chi connectivity index (χ3v) is 6.26. The zero-order valence-electron chi connectivity index (χ0n) is 19.0. The second-order valence-corrected chi connectivity index (χ2v) is 9.23. The van der Waals surface area contributed by atoms with Gasteiger partial charge in [-0.3, -0.25) is 14.4 Å². The highest BCUT2D eigenvalue weighted by Gasteiger charge is 2.35. The van der Waals surface area contributed by atoms with Crippen LogP contribution in [-0.2, 0) is 14.3 Å². The van der Waals surface area contributed by atoms with Gasteiger partial charge < -0.3 is 15.0 Å². The van der Waals surface area contributed by atoms with Crippen LogP contribution in [0.5, 0.6) is 0 Å². The third-order valence-electron chi connectivity index (χ3n) is 5.73. The zero-order valence-corrected chi connectivity index (χ0v) is 20.6. The van der Waals surface area contributed by atoms with E-state index in [4.69, 9.17) is 4.74 Å². The number of carbonyl (C=O) groups is 4. The van der Waals surface area contributed by atoms with E-state index in [1.54, 1.807) is 41.3 Å². The average Bonchev–Trinajstić information content (AvgIpc) is 3.25. The van der Waals surface area contributed by atoms with Crippen molar-refractivity contribution in [3.8, 4) is 0 Å². The van der Waals surface area contributed by atoms with E-state index in [1.165, 1.54) is 12.1 Å². The maximum absolute atomic E-state index is 12.7. The van der Waals surface area contributed by atoms with Crippen molar-refractivity contribution in [3.05, 3.63) is 94.0 Å². The number of nitrogens with zero attached hydrogens (tertiary/aromatic N) is 1. The third kappa shape index (κ3) is 6.02. The number of Topliss-reactive ketones (excluding diaryl/α,β-unsaturated/α-hetero) is 1. The number of esters is 1. The number of carbonyl (C=O) groups excluding carboxylic acids is 4.